The molecule has 0 saturated heterocycles. The van der Waals surface area contributed by atoms with Gasteiger partial charge in [-0.3, -0.25) is 0 Å². The Morgan fingerprint density at radius 2 is 0.859 bits per heavy atom. The summed E-state index contributed by atoms with van der Waals surface area (Å²) in [5.41, 5.74) is 18.1. The maximum absolute atomic E-state index is 6.82. The Morgan fingerprint density at radius 3 is 1.62 bits per heavy atom. The fourth-order valence-electron chi connectivity index (χ4n) is 10.6. The molecule has 64 heavy (non-hydrogen) atoms. The van der Waals surface area contributed by atoms with Gasteiger partial charge in [-0.2, -0.15) is 0 Å². The maximum atomic E-state index is 6.82. The van der Waals surface area contributed by atoms with E-state index in [1.165, 1.54) is 33.4 Å². The molecular weight excluding hydrogens is 779 g/mol. The predicted octanol–water partition coefficient (Wildman–Crippen LogP) is 16.7. The Balaban J connectivity index is 1.00. The fourth-order valence-corrected chi connectivity index (χ4v) is 10.6. The predicted molar refractivity (Wildman–Crippen MR) is 264 cm³/mol. The number of rotatable bonds is 7. The molecule has 10 aromatic carbocycles. The summed E-state index contributed by atoms with van der Waals surface area (Å²) < 4.78 is 13.0. The topological polar surface area (TPSA) is 29.5 Å². The second kappa shape index (κ2) is 14.3. The monoisotopic (exact) mass is 817 g/mol. The number of hydrogen-bond donors (Lipinski definition) is 0. The van der Waals surface area contributed by atoms with Gasteiger partial charge in [-0.1, -0.05) is 182 Å². The minimum atomic E-state index is -0.536. The van der Waals surface area contributed by atoms with Crippen LogP contribution in [0.3, 0.4) is 0 Å². The molecule has 3 heteroatoms. The van der Waals surface area contributed by atoms with Crippen LogP contribution in [-0.2, 0) is 5.41 Å². The molecular formula is C61H39NO2. The third kappa shape index (κ3) is 5.41. The van der Waals surface area contributed by atoms with E-state index in [9.17, 15) is 0 Å². The first-order valence-corrected chi connectivity index (χ1v) is 21.9. The molecule has 0 bridgehead atoms. The van der Waals surface area contributed by atoms with E-state index in [-0.39, 0.29) is 0 Å². The summed E-state index contributed by atoms with van der Waals surface area (Å²) in [4.78, 5) is 2.41. The average molecular weight is 818 g/mol. The molecule has 0 radical (unpaired) electrons. The Bertz CT molecular complexity index is 3690. The van der Waals surface area contributed by atoms with E-state index in [4.69, 9.17) is 8.83 Å². The highest BCUT2D eigenvalue weighted by molar-refractivity contribution is 6.11. The molecule has 0 fully saturated rings. The van der Waals surface area contributed by atoms with E-state index < -0.39 is 5.41 Å². The summed E-state index contributed by atoms with van der Waals surface area (Å²) in [6, 6.07) is 85.3. The second-order valence-corrected chi connectivity index (χ2v) is 16.8. The van der Waals surface area contributed by atoms with Crippen molar-refractivity contribution in [2.24, 2.45) is 0 Å². The Labute approximate surface area is 370 Å². The van der Waals surface area contributed by atoms with Gasteiger partial charge in [-0.05, 0) is 105 Å². The number of para-hydroxylation sites is 3. The van der Waals surface area contributed by atoms with Crippen LogP contribution in [0.5, 0.6) is 0 Å². The van der Waals surface area contributed by atoms with Crippen molar-refractivity contribution >= 4 is 60.9 Å². The summed E-state index contributed by atoms with van der Waals surface area (Å²) >= 11 is 0. The molecule has 1 aliphatic rings. The van der Waals surface area contributed by atoms with Crippen LogP contribution >= 0.6 is 0 Å². The SMILES string of the molecule is c1ccc(C2(c3ccccc3)c3ccccc3-c3c(N(c4ccc(-c5cccc(-c6ccc7oc8ccccc8c7c6)c5)cc4)c4cccc5c4oc4ccccc45)cccc32)cc1. The van der Waals surface area contributed by atoms with Gasteiger partial charge < -0.3 is 13.7 Å². The molecule has 3 nitrogen and oxygen atoms in total. The largest absolute Gasteiger partial charge is 0.456 e. The molecule has 0 spiro atoms. The van der Waals surface area contributed by atoms with E-state index >= 15 is 0 Å². The number of nitrogens with zero attached hydrogens (tertiary/aromatic N) is 1. The van der Waals surface area contributed by atoms with Crippen molar-refractivity contribution in [2.45, 2.75) is 5.41 Å². The van der Waals surface area contributed by atoms with E-state index in [0.717, 1.165) is 83.2 Å². The standard InChI is InChI=1S/C61H39NO2/c1-3-18-44(19-4-1)61(45-20-5-2-6-21-45)52-26-10-7-24-50(52)59-53(61)27-15-28-54(59)62(55-29-14-25-49-47-22-8-12-31-57(47)64-60(49)55)46-35-32-40(33-36-46)41-16-13-17-42(38-41)43-34-37-58-51(39-43)48-23-9-11-30-56(48)63-58/h1-39H. The van der Waals surface area contributed by atoms with Gasteiger partial charge in [0.05, 0.1) is 16.8 Å². The molecule has 13 rings (SSSR count). The second-order valence-electron chi connectivity index (χ2n) is 16.8. The van der Waals surface area contributed by atoms with Crippen molar-refractivity contribution in [1.29, 1.82) is 0 Å². The van der Waals surface area contributed by atoms with Crippen LogP contribution < -0.4 is 4.90 Å². The van der Waals surface area contributed by atoms with Gasteiger partial charge in [0.1, 0.15) is 16.7 Å². The summed E-state index contributed by atoms with van der Waals surface area (Å²) in [7, 11) is 0. The third-order valence-electron chi connectivity index (χ3n) is 13.4. The molecule has 12 aromatic rings. The van der Waals surface area contributed by atoms with Crippen LogP contribution in [0.15, 0.2) is 245 Å². The Kier molecular flexibility index (Phi) is 8.13. The smallest absolute Gasteiger partial charge is 0.159 e. The van der Waals surface area contributed by atoms with Gasteiger partial charge in [0.25, 0.3) is 0 Å². The number of furan rings is 2. The molecule has 0 unspecified atom stereocenters. The summed E-state index contributed by atoms with van der Waals surface area (Å²) in [5.74, 6) is 0. The number of hydrogen-bond acceptors (Lipinski definition) is 3. The summed E-state index contributed by atoms with van der Waals surface area (Å²) in [6.45, 7) is 0. The van der Waals surface area contributed by atoms with Crippen molar-refractivity contribution in [3.05, 3.63) is 259 Å². The first-order valence-electron chi connectivity index (χ1n) is 21.9. The molecule has 0 N–H and O–H groups in total. The first kappa shape index (κ1) is 36.3. The van der Waals surface area contributed by atoms with E-state index in [1.807, 2.05) is 18.2 Å². The molecule has 0 atom stereocenters. The van der Waals surface area contributed by atoms with Gasteiger partial charge in [0, 0.05) is 32.8 Å². The summed E-state index contributed by atoms with van der Waals surface area (Å²) in [6.07, 6.45) is 0. The zero-order valence-electron chi connectivity index (χ0n) is 34.8. The van der Waals surface area contributed by atoms with E-state index in [2.05, 4.69) is 223 Å². The number of anilines is 3. The minimum Gasteiger partial charge on any atom is -0.456 e. The summed E-state index contributed by atoms with van der Waals surface area (Å²) in [5, 5.41) is 4.45. The molecule has 0 saturated carbocycles. The lowest BCUT2D eigenvalue weighted by Gasteiger charge is -2.34. The van der Waals surface area contributed by atoms with Gasteiger partial charge in [-0.25, -0.2) is 0 Å². The molecule has 300 valence electrons. The third-order valence-corrected chi connectivity index (χ3v) is 13.4. The van der Waals surface area contributed by atoms with Crippen LogP contribution in [-0.4, -0.2) is 0 Å². The van der Waals surface area contributed by atoms with Crippen LogP contribution in [0.2, 0.25) is 0 Å². The van der Waals surface area contributed by atoms with Crippen LogP contribution in [0.1, 0.15) is 22.3 Å². The quantitative estimate of drug-likeness (QED) is 0.160. The molecule has 2 heterocycles. The molecule has 2 aromatic heterocycles. The van der Waals surface area contributed by atoms with Crippen LogP contribution in [0.25, 0.3) is 77.3 Å². The zero-order chi connectivity index (χ0) is 42.2. The fraction of sp³-hybridized carbons (Fsp3) is 0.0164. The van der Waals surface area contributed by atoms with Crippen molar-refractivity contribution < 1.29 is 8.83 Å². The normalized spacial score (nSPS) is 12.8. The van der Waals surface area contributed by atoms with Gasteiger partial charge in [0.15, 0.2) is 5.58 Å². The maximum Gasteiger partial charge on any atom is 0.159 e. The van der Waals surface area contributed by atoms with Crippen molar-refractivity contribution in [1.82, 2.24) is 0 Å². The van der Waals surface area contributed by atoms with E-state index in [0.29, 0.717) is 0 Å². The van der Waals surface area contributed by atoms with Crippen LogP contribution in [0.4, 0.5) is 17.1 Å². The van der Waals surface area contributed by atoms with Gasteiger partial charge >= 0.3 is 0 Å². The van der Waals surface area contributed by atoms with Gasteiger partial charge in [-0.15, -0.1) is 0 Å². The average Bonchev–Trinajstić information content (AvgIpc) is 4.04. The Hall–Kier alpha value is -8.40. The van der Waals surface area contributed by atoms with Crippen molar-refractivity contribution in [3.8, 4) is 33.4 Å². The molecule has 1 aliphatic carbocycles. The molecule has 0 amide bonds. The highest BCUT2D eigenvalue weighted by Gasteiger charge is 2.47. The van der Waals surface area contributed by atoms with E-state index in [1.54, 1.807) is 0 Å². The lowest BCUT2D eigenvalue weighted by molar-refractivity contribution is 0.668. The zero-order valence-corrected chi connectivity index (χ0v) is 34.8. The van der Waals surface area contributed by atoms with Crippen molar-refractivity contribution in [3.63, 3.8) is 0 Å². The van der Waals surface area contributed by atoms with Crippen molar-refractivity contribution in [2.75, 3.05) is 4.90 Å². The highest BCUT2D eigenvalue weighted by atomic mass is 16.3. The van der Waals surface area contributed by atoms with Crippen LogP contribution in [0, 0.1) is 0 Å². The minimum absolute atomic E-state index is 0.536. The Morgan fingerprint density at radius 1 is 0.328 bits per heavy atom. The highest BCUT2D eigenvalue weighted by Crippen LogP contribution is 2.60. The lowest BCUT2D eigenvalue weighted by Crippen LogP contribution is -2.28. The number of benzene rings is 10. The number of fused-ring (bicyclic) bond motifs is 9. The lowest BCUT2D eigenvalue weighted by atomic mass is 9.68. The molecule has 0 aliphatic heterocycles. The van der Waals surface area contributed by atoms with Gasteiger partial charge in [0.2, 0.25) is 0 Å². The first-order chi connectivity index (χ1) is 31.7.